The molecule has 5 nitrogen and oxygen atoms in total. The molecule has 0 aliphatic heterocycles. The van der Waals surface area contributed by atoms with E-state index in [4.69, 9.17) is 5.73 Å². The second kappa shape index (κ2) is 3.05. The molecule has 0 atom stereocenters. The number of aromatic nitrogens is 2. The molecule has 1 amide bonds. The number of amides is 1. The lowest BCUT2D eigenvalue weighted by Crippen LogP contribution is -2.22. The molecule has 1 heterocycles. The molecule has 1 aromatic heterocycles. The second-order valence-corrected chi connectivity index (χ2v) is 2.14. The van der Waals surface area contributed by atoms with Gasteiger partial charge in [0.2, 0.25) is 5.91 Å². The quantitative estimate of drug-likeness (QED) is 0.586. The van der Waals surface area contributed by atoms with Crippen molar-refractivity contribution in [2.75, 3.05) is 12.8 Å². The van der Waals surface area contributed by atoms with Crippen LogP contribution in [0, 0.1) is 0 Å². The topological polar surface area (TPSA) is 72.9 Å². The van der Waals surface area contributed by atoms with Crippen molar-refractivity contribution in [2.24, 2.45) is 0 Å². The Labute approximate surface area is 64.2 Å². The molecule has 1 rings (SSSR count). The van der Waals surface area contributed by atoms with Crippen LogP contribution in [0.25, 0.3) is 0 Å². The summed E-state index contributed by atoms with van der Waals surface area (Å²) in [6, 6.07) is 0. The number of carbonyl (C=O) groups excluding carboxylic acids is 1. The maximum Gasteiger partial charge on any atom is 0.239 e. The summed E-state index contributed by atoms with van der Waals surface area (Å²) in [4.78, 5) is 14.6. The Morgan fingerprint density at radius 2 is 2.64 bits per heavy atom. The van der Waals surface area contributed by atoms with E-state index in [1.165, 1.54) is 6.33 Å². The van der Waals surface area contributed by atoms with Gasteiger partial charge >= 0.3 is 0 Å². The fourth-order valence-corrected chi connectivity index (χ4v) is 0.709. The summed E-state index contributed by atoms with van der Waals surface area (Å²) >= 11 is 0. The summed E-state index contributed by atoms with van der Waals surface area (Å²) in [5.74, 6) is 0.358. The van der Waals surface area contributed by atoms with E-state index in [0.29, 0.717) is 5.82 Å². The number of likely N-dealkylation sites (N-methyl/N-ethyl adjacent to an activating group) is 1. The van der Waals surface area contributed by atoms with E-state index >= 15 is 0 Å². The van der Waals surface area contributed by atoms with Gasteiger partial charge in [0.05, 0.1) is 6.33 Å². The summed E-state index contributed by atoms with van der Waals surface area (Å²) in [5, 5.41) is 2.49. The third kappa shape index (κ3) is 1.96. The Kier molecular flexibility index (Phi) is 2.10. The lowest BCUT2D eigenvalue weighted by Gasteiger charge is -1.98. The first-order valence-corrected chi connectivity index (χ1v) is 3.20. The lowest BCUT2D eigenvalue weighted by atomic mass is 10.6. The molecule has 0 aliphatic rings. The Morgan fingerprint density at radius 1 is 1.91 bits per heavy atom. The number of imidazole rings is 1. The van der Waals surface area contributed by atoms with Crippen LogP contribution in [-0.2, 0) is 11.3 Å². The largest absolute Gasteiger partial charge is 0.382 e. The summed E-state index contributed by atoms with van der Waals surface area (Å²) in [6.07, 6.45) is 3.12. The van der Waals surface area contributed by atoms with Gasteiger partial charge in [0, 0.05) is 13.2 Å². The standard InChI is InChI=1S/C6H10N4O/c1-8-6(11)3-10-2-5(7)9-4-10/h2,4H,3,7H2,1H3,(H,8,11). The summed E-state index contributed by atoms with van der Waals surface area (Å²) in [7, 11) is 1.59. The predicted molar refractivity (Wildman–Crippen MR) is 40.7 cm³/mol. The Hall–Kier alpha value is -1.52. The van der Waals surface area contributed by atoms with Crippen LogP contribution in [0.1, 0.15) is 0 Å². The number of carbonyl (C=O) groups is 1. The van der Waals surface area contributed by atoms with Gasteiger partial charge in [-0.25, -0.2) is 4.98 Å². The lowest BCUT2D eigenvalue weighted by molar-refractivity contribution is -0.121. The second-order valence-electron chi connectivity index (χ2n) is 2.14. The fraction of sp³-hybridized carbons (Fsp3) is 0.333. The van der Waals surface area contributed by atoms with E-state index in [-0.39, 0.29) is 12.5 Å². The van der Waals surface area contributed by atoms with Crippen molar-refractivity contribution < 1.29 is 4.79 Å². The zero-order valence-electron chi connectivity index (χ0n) is 6.24. The molecule has 0 saturated heterocycles. The van der Waals surface area contributed by atoms with Crippen LogP contribution in [0.5, 0.6) is 0 Å². The molecule has 0 saturated carbocycles. The Morgan fingerprint density at radius 3 is 3.09 bits per heavy atom. The van der Waals surface area contributed by atoms with E-state index in [1.807, 2.05) is 0 Å². The number of nitrogens with one attached hydrogen (secondary N) is 1. The maximum absolute atomic E-state index is 10.8. The van der Waals surface area contributed by atoms with Gasteiger partial charge < -0.3 is 15.6 Å². The van der Waals surface area contributed by atoms with E-state index in [2.05, 4.69) is 10.3 Å². The van der Waals surface area contributed by atoms with Crippen LogP contribution in [-0.4, -0.2) is 22.5 Å². The van der Waals surface area contributed by atoms with Crippen molar-refractivity contribution in [3.8, 4) is 0 Å². The highest BCUT2D eigenvalue weighted by atomic mass is 16.1. The summed E-state index contributed by atoms with van der Waals surface area (Å²) in [5.41, 5.74) is 5.33. The minimum Gasteiger partial charge on any atom is -0.382 e. The minimum absolute atomic E-state index is 0.0672. The molecule has 0 unspecified atom stereocenters. The molecule has 11 heavy (non-hydrogen) atoms. The van der Waals surface area contributed by atoms with Gasteiger partial charge in [-0.2, -0.15) is 0 Å². The summed E-state index contributed by atoms with van der Waals surface area (Å²) in [6.45, 7) is 0.265. The van der Waals surface area contributed by atoms with E-state index in [9.17, 15) is 4.79 Å². The molecule has 1 aromatic rings. The van der Waals surface area contributed by atoms with Gasteiger partial charge in [0.15, 0.2) is 0 Å². The number of rotatable bonds is 2. The van der Waals surface area contributed by atoms with Crippen LogP contribution in [0.2, 0.25) is 0 Å². The first-order valence-electron chi connectivity index (χ1n) is 3.20. The van der Waals surface area contributed by atoms with Gasteiger partial charge in [-0.1, -0.05) is 0 Å². The molecule has 3 N–H and O–H groups in total. The third-order valence-corrected chi connectivity index (χ3v) is 1.26. The Balaban J connectivity index is 2.57. The number of anilines is 1. The molecule has 0 radical (unpaired) electrons. The van der Waals surface area contributed by atoms with E-state index < -0.39 is 0 Å². The first-order chi connectivity index (χ1) is 5.22. The molecule has 60 valence electrons. The zero-order chi connectivity index (χ0) is 8.27. The van der Waals surface area contributed by atoms with Gasteiger partial charge in [0.1, 0.15) is 12.4 Å². The van der Waals surface area contributed by atoms with Crippen LogP contribution in [0.15, 0.2) is 12.5 Å². The number of nitrogens with two attached hydrogens (primary N) is 1. The zero-order valence-corrected chi connectivity index (χ0v) is 6.24. The van der Waals surface area contributed by atoms with Crippen molar-refractivity contribution >= 4 is 11.7 Å². The number of hydrogen-bond acceptors (Lipinski definition) is 3. The molecule has 0 bridgehead atoms. The van der Waals surface area contributed by atoms with E-state index in [0.717, 1.165) is 0 Å². The Bertz CT molecular complexity index is 255. The monoisotopic (exact) mass is 154 g/mol. The molecule has 0 spiro atoms. The van der Waals surface area contributed by atoms with Crippen molar-refractivity contribution in [2.45, 2.75) is 6.54 Å². The van der Waals surface area contributed by atoms with Crippen LogP contribution < -0.4 is 11.1 Å². The summed E-state index contributed by atoms with van der Waals surface area (Å²) < 4.78 is 1.62. The number of nitrogen functional groups attached to an aromatic ring is 1. The SMILES string of the molecule is CNC(=O)Cn1cnc(N)c1. The van der Waals surface area contributed by atoms with Crippen molar-refractivity contribution in [1.82, 2.24) is 14.9 Å². The molecule has 0 aliphatic carbocycles. The fourth-order valence-electron chi connectivity index (χ4n) is 0.709. The highest BCUT2D eigenvalue weighted by molar-refractivity contribution is 5.75. The predicted octanol–water partition coefficient (Wildman–Crippen LogP) is -0.789. The van der Waals surface area contributed by atoms with Gasteiger partial charge in [-0.05, 0) is 0 Å². The average molecular weight is 154 g/mol. The van der Waals surface area contributed by atoms with Gasteiger partial charge in [-0.15, -0.1) is 0 Å². The molecule has 0 fully saturated rings. The normalized spacial score (nSPS) is 9.55. The van der Waals surface area contributed by atoms with Crippen LogP contribution >= 0.6 is 0 Å². The molecule has 0 aromatic carbocycles. The van der Waals surface area contributed by atoms with Crippen molar-refractivity contribution in [3.63, 3.8) is 0 Å². The molecular weight excluding hydrogens is 144 g/mol. The first kappa shape index (κ1) is 7.59. The number of nitrogens with zero attached hydrogens (tertiary/aromatic N) is 2. The highest BCUT2D eigenvalue weighted by Gasteiger charge is 1.99. The third-order valence-electron chi connectivity index (χ3n) is 1.26. The smallest absolute Gasteiger partial charge is 0.239 e. The van der Waals surface area contributed by atoms with Crippen molar-refractivity contribution in [3.05, 3.63) is 12.5 Å². The minimum atomic E-state index is -0.0672. The van der Waals surface area contributed by atoms with Crippen molar-refractivity contribution in [1.29, 1.82) is 0 Å². The molecule has 5 heteroatoms. The average Bonchev–Trinajstić information content (AvgIpc) is 2.35. The highest BCUT2D eigenvalue weighted by Crippen LogP contribution is 1.95. The number of hydrogen-bond donors (Lipinski definition) is 2. The van der Waals surface area contributed by atoms with E-state index in [1.54, 1.807) is 17.8 Å². The van der Waals surface area contributed by atoms with Gasteiger partial charge in [0.25, 0.3) is 0 Å². The van der Waals surface area contributed by atoms with Gasteiger partial charge in [-0.3, -0.25) is 4.79 Å². The van der Waals surface area contributed by atoms with Crippen LogP contribution in [0.3, 0.4) is 0 Å². The van der Waals surface area contributed by atoms with Crippen LogP contribution in [0.4, 0.5) is 5.82 Å². The maximum atomic E-state index is 10.8. The molecular formula is C6H10N4O.